The first-order chi connectivity index (χ1) is 15.5. The topological polar surface area (TPSA) is 95.5 Å². The van der Waals surface area contributed by atoms with Gasteiger partial charge in [0.25, 0.3) is 0 Å². The summed E-state index contributed by atoms with van der Waals surface area (Å²) < 4.78 is 10.2. The number of rotatable bonds is 8. The van der Waals surface area contributed by atoms with Crippen molar-refractivity contribution in [1.82, 2.24) is 15.5 Å². The summed E-state index contributed by atoms with van der Waals surface area (Å²) in [4.78, 5) is 31.4. The minimum atomic E-state index is -0.321. The SMILES string of the molecule is COc1ccc(CN=C(NCC(=O)N(C)C)NCc2ccc(N3CCOC3=O)cc2)cc1.I. The van der Waals surface area contributed by atoms with Crippen LogP contribution in [-0.4, -0.2) is 63.8 Å². The molecule has 0 saturated carbocycles. The summed E-state index contributed by atoms with van der Waals surface area (Å²) in [7, 11) is 5.05. The summed E-state index contributed by atoms with van der Waals surface area (Å²) in [5.41, 5.74) is 2.84. The highest BCUT2D eigenvalue weighted by Gasteiger charge is 2.23. The van der Waals surface area contributed by atoms with Crippen LogP contribution in [-0.2, 0) is 22.6 Å². The second-order valence-electron chi connectivity index (χ2n) is 7.44. The van der Waals surface area contributed by atoms with E-state index in [1.165, 1.54) is 4.90 Å². The quantitative estimate of drug-likeness (QED) is 0.290. The lowest BCUT2D eigenvalue weighted by atomic mass is 10.2. The molecule has 33 heavy (non-hydrogen) atoms. The molecule has 1 saturated heterocycles. The number of guanidine groups is 1. The molecule has 1 heterocycles. The third kappa shape index (κ3) is 7.81. The van der Waals surface area contributed by atoms with Crippen molar-refractivity contribution < 1.29 is 19.1 Å². The van der Waals surface area contributed by atoms with Crippen molar-refractivity contribution in [3.63, 3.8) is 0 Å². The van der Waals surface area contributed by atoms with Crippen LogP contribution in [0.3, 0.4) is 0 Å². The Labute approximate surface area is 211 Å². The molecule has 2 N–H and O–H groups in total. The number of carbonyl (C=O) groups is 2. The van der Waals surface area contributed by atoms with Crippen LogP contribution in [0.15, 0.2) is 53.5 Å². The molecule has 178 valence electrons. The van der Waals surface area contributed by atoms with Gasteiger partial charge in [0, 0.05) is 26.3 Å². The average Bonchev–Trinajstić information content (AvgIpc) is 3.24. The molecule has 0 aromatic heterocycles. The van der Waals surface area contributed by atoms with Gasteiger partial charge in [-0.15, -0.1) is 24.0 Å². The van der Waals surface area contributed by atoms with Gasteiger partial charge in [0.1, 0.15) is 12.4 Å². The Hall–Kier alpha value is -3.02. The van der Waals surface area contributed by atoms with Crippen molar-refractivity contribution in [2.75, 3.05) is 45.8 Å². The molecule has 0 bridgehead atoms. The molecule has 2 aromatic carbocycles. The fourth-order valence-corrected chi connectivity index (χ4v) is 3.00. The maximum absolute atomic E-state index is 12.0. The van der Waals surface area contributed by atoms with Crippen molar-refractivity contribution in [1.29, 1.82) is 0 Å². The van der Waals surface area contributed by atoms with Crippen LogP contribution in [0, 0.1) is 0 Å². The fourth-order valence-electron chi connectivity index (χ4n) is 3.00. The highest BCUT2D eigenvalue weighted by molar-refractivity contribution is 14.0. The predicted molar refractivity (Wildman–Crippen MR) is 138 cm³/mol. The highest BCUT2D eigenvalue weighted by Crippen LogP contribution is 2.19. The number of likely N-dealkylation sites (N-methyl/N-ethyl adjacent to an activating group) is 1. The van der Waals surface area contributed by atoms with E-state index in [0.717, 1.165) is 22.6 Å². The second kappa shape index (κ2) is 12.9. The summed E-state index contributed by atoms with van der Waals surface area (Å²) in [6.45, 7) is 2.06. The van der Waals surface area contributed by atoms with Gasteiger partial charge in [-0.05, 0) is 35.4 Å². The first kappa shape index (κ1) is 26.2. The number of carbonyl (C=O) groups excluding carboxylic acids is 2. The molecule has 0 atom stereocenters. The van der Waals surface area contributed by atoms with E-state index in [4.69, 9.17) is 9.47 Å². The van der Waals surface area contributed by atoms with Crippen LogP contribution in [0.1, 0.15) is 11.1 Å². The van der Waals surface area contributed by atoms with Crippen LogP contribution in [0.2, 0.25) is 0 Å². The summed E-state index contributed by atoms with van der Waals surface area (Å²) in [5, 5.41) is 6.34. The van der Waals surface area contributed by atoms with Gasteiger partial charge in [-0.3, -0.25) is 9.69 Å². The standard InChI is InChI=1S/C23H29N5O4.HI/c1-27(2)21(29)16-26-22(25-15-18-6-10-20(31-3)11-7-18)24-14-17-4-8-19(9-5-17)28-12-13-32-23(28)30;/h4-11H,12-16H2,1-3H3,(H2,24,25,26);1H. The monoisotopic (exact) mass is 567 g/mol. The summed E-state index contributed by atoms with van der Waals surface area (Å²) in [6, 6.07) is 15.3. The molecular weight excluding hydrogens is 537 g/mol. The third-order valence-electron chi connectivity index (χ3n) is 4.95. The molecule has 10 heteroatoms. The molecular formula is C23H30IN5O4. The van der Waals surface area contributed by atoms with Gasteiger partial charge in [-0.25, -0.2) is 9.79 Å². The maximum atomic E-state index is 12.0. The number of methoxy groups -OCH3 is 1. The van der Waals surface area contributed by atoms with Crippen molar-refractivity contribution in [2.45, 2.75) is 13.1 Å². The number of amides is 2. The Morgan fingerprint density at radius 1 is 1.09 bits per heavy atom. The van der Waals surface area contributed by atoms with Crippen molar-refractivity contribution in [2.24, 2.45) is 4.99 Å². The Bertz CT molecular complexity index is 948. The minimum Gasteiger partial charge on any atom is -0.497 e. The number of benzene rings is 2. The second-order valence-corrected chi connectivity index (χ2v) is 7.44. The van der Waals surface area contributed by atoms with E-state index in [1.54, 1.807) is 26.1 Å². The number of aliphatic imine (C=N–C) groups is 1. The third-order valence-corrected chi connectivity index (χ3v) is 4.95. The van der Waals surface area contributed by atoms with Gasteiger partial charge in [0.15, 0.2) is 5.96 Å². The van der Waals surface area contributed by atoms with Gasteiger partial charge in [0.05, 0.1) is 26.7 Å². The Morgan fingerprint density at radius 3 is 2.33 bits per heavy atom. The molecule has 2 amide bonds. The van der Waals surface area contributed by atoms with E-state index < -0.39 is 0 Å². The molecule has 1 aliphatic rings. The van der Waals surface area contributed by atoms with Gasteiger partial charge in [-0.1, -0.05) is 24.3 Å². The molecule has 0 aliphatic carbocycles. The van der Waals surface area contributed by atoms with E-state index in [2.05, 4.69) is 15.6 Å². The van der Waals surface area contributed by atoms with Gasteiger partial charge in [0.2, 0.25) is 5.91 Å². The predicted octanol–water partition coefficient (Wildman–Crippen LogP) is 2.59. The Kier molecular flexibility index (Phi) is 10.2. The number of nitrogens with zero attached hydrogens (tertiary/aromatic N) is 3. The van der Waals surface area contributed by atoms with E-state index in [1.807, 2.05) is 48.5 Å². The summed E-state index contributed by atoms with van der Waals surface area (Å²) >= 11 is 0. The van der Waals surface area contributed by atoms with Crippen molar-refractivity contribution in [3.8, 4) is 5.75 Å². The fraction of sp³-hybridized carbons (Fsp3) is 0.348. The zero-order valence-corrected chi connectivity index (χ0v) is 21.4. The smallest absolute Gasteiger partial charge is 0.414 e. The zero-order valence-electron chi connectivity index (χ0n) is 19.0. The van der Waals surface area contributed by atoms with E-state index in [-0.39, 0.29) is 42.5 Å². The number of ether oxygens (including phenoxy) is 2. The number of hydrogen-bond acceptors (Lipinski definition) is 5. The highest BCUT2D eigenvalue weighted by atomic mass is 127. The number of cyclic esters (lactones) is 1. The van der Waals surface area contributed by atoms with Gasteiger partial charge >= 0.3 is 6.09 Å². The normalized spacial score (nSPS) is 13.1. The Morgan fingerprint density at radius 2 is 1.76 bits per heavy atom. The summed E-state index contributed by atoms with van der Waals surface area (Å²) in [5.74, 6) is 1.27. The minimum absolute atomic E-state index is 0. The van der Waals surface area contributed by atoms with Gasteiger partial charge < -0.3 is 25.0 Å². The zero-order chi connectivity index (χ0) is 22.9. The maximum Gasteiger partial charge on any atom is 0.414 e. The number of nitrogens with one attached hydrogen (secondary N) is 2. The van der Waals surface area contributed by atoms with E-state index in [9.17, 15) is 9.59 Å². The van der Waals surface area contributed by atoms with E-state index >= 15 is 0 Å². The number of hydrogen-bond donors (Lipinski definition) is 2. The van der Waals surface area contributed by atoms with Crippen LogP contribution in [0.25, 0.3) is 0 Å². The average molecular weight is 567 g/mol. The first-order valence-corrected chi connectivity index (χ1v) is 10.3. The largest absolute Gasteiger partial charge is 0.497 e. The van der Waals surface area contributed by atoms with Crippen LogP contribution in [0.4, 0.5) is 10.5 Å². The lowest BCUT2D eigenvalue weighted by molar-refractivity contribution is -0.127. The molecule has 0 radical (unpaired) electrons. The lowest BCUT2D eigenvalue weighted by Gasteiger charge is -2.16. The Balaban J connectivity index is 0.00000385. The number of anilines is 1. The molecule has 2 aromatic rings. The van der Waals surface area contributed by atoms with Crippen LogP contribution in [0.5, 0.6) is 5.75 Å². The molecule has 9 nitrogen and oxygen atoms in total. The molecule has 0 spiro atoms. The lowest BCUT2D eigenvalue weighted by Crippen LogP contribution is -2.42. The summed E-state index contributed by atoms with van der Waals surface area (Å²) in [6.07, 6.45) is -0.321. The van der Waals surface area contributed by atoms with Crippen molar-refractivity contribution in [3.05, 3.63) is 59.7 Å². The molecule has 1 fully saturated rings. The van der Waals surface area contributed by atoms with Gasteiger partial charge in [-0.2, -0.15) is 0 Å². The number of halogens is 1. The molecule has 3 rings (SSSR count). The first-order valence-electron chi connectivity index (χ1n) is 10.3. The van der Waals surface area contributed by atoms with Crippen LogP contribution < -0.4 is 20.3 Å². The van der Waals surface area contributed by atoms with Crippen molar-refractivity contribution >= 4 is 47.6 Å². The van der Waals surface area contributed by atoms with E-state index in [0.29, 0.717) is 32.2 Å². The molecule has 1 aliphatic heterocycles. The van der Waals surface area contributed by atoms with Crippen LogP contribution >= 0.6 is 24.0 Å². The molecule has 0 unspecified atom stereocenters.